The molecule has 0 aromatic carbocycles. The Labute approximate surface area is 161 Å². The van der Waals surface area contributed by atoms with Crippen LogP contribution in [0.2, 0.25) is 6.04 Å². The van der Waals surface area contributed by atoms with Crippen molar-refractivity contribution in [2.75, 3.05) is 19.8 Å². The van der Waals surface area contributed by atoms with E-state index in [9.17, 15) is 0 Å². The maximum absolute atomic E-state index is 5.97. The molecule has 0 aliphatic heterocycles. The summed E-state index contributed by atoms with van der Waals surface area (Å²) in [5.41, 5.74) is 0. The summed E-state index contributed by atoms with van der Waals surface area (Å²) in [6.07, 6.45) is 17.0. The third-order valence-electron chi connectivity index (χ3n) is 4.68. The van der Waals surface area contributed by atoms with Gasteiger partial charge in [0.2, 0.25) is 0 Å². The minimum absolute atomic E-state index is 0.400. The Morgan fingerprint density at radius 3 is 1.24 bits per heavy atom. The molecular weight excluding hydrogens is 344 g/mol. The molecule has 0 unspecified atom stereocenters. The summed E-state index contributed by atoms with van der Waals surface area (Å²) in [6, 6.07) is 1.31. The number of unbranched alkanes of at least 4 members (excludes halogenated alkanes) is 11. The van der Waals surface area contributed by atoms with E-state index < -0.39 is 17.4 Å². The van der Waals surface area contributed by atoms with Gasteiger partial charge < -0.3 is 13.3 Å². The average molecular weight is 391 g/mol. The van der Waals surface area contributed by atoms with Crippen molar-refractivity contribution < 1.29 is 13.3 Å². The van der Waals surface area contributed by atoms with E-state index in [1.54, 1.807) is 0 Å². The molecule has 0 spiro atoms. The second-order valence-corrected chi connectivity index (χ2v) is 14.5. The van der Waals surface area contributed by atoms with Gasteiger partial charge in [-0.2, -0.15) is 0 Å². The SMILES string of the molecule is CCCCCCCCCCCCCC[SiH2][Si](OCC)(OCC)OCC. The predicted octanol–water partition coefficient (Wildman–Crippen LogP) is 5.82. The zero-order chi connectivity index (χ0) is 18.6. The number of hydrogen-bond donors (Lipinski definition) is 0. The van der Waals surface area contributed by atoms with E-state index >= 15 is 0 Å². The molecule has 0 aliphatic rings. The van der Waals surface area contributed by atoms with Gasteiger partial charge in [-0.25, -0.2) is 0 Å². The van der Waals surface area contributed by atoms with Gasteiger partial charge in [0, 0.05) is 19.8 Å². The highest BCUT2D eigenvalue weighted by molar-refractivity contribution is 7.14. The first-order chi connectivity index (χ1) is 12.2. The van der Waals surface area contributed by atoms with E-state index in [-0.39, 0.29) is 0 Å². The fourth-order valence-corrected chi connectivity index (χ4v) is 11.6. The molecule has 0 aliphatic carbocycles. The van der Waals surface area contributed by atoms with Gasteiger partial charge in [-0.05, 0) is 20.8 Å². The Morgan fingerprint density at radius 1 is 0.520 bits per heavy atom. The number of hydrogen-bond acceptors (Lipinski definition) is 3. The summed E-state index contributed by atoms with van der Waals surface area (Å²) in [4.78, 5) is 0. The first kappa shape index (κ1) is 25.3. The van der Waals surface area contributed by atoms with Crippen molar-refractivity contribution in [1.29, 1.82) is 0 Å². The lowest BCUT2D eigenvalue weighted by Gasteiger charge is -2.28. The van der Waals surface area contributed by atoms with Crippen molar-refractivity contribution in [2.24, 2.45) is 0 Å². The Bertz CT molecular complexity index is 248. The minimum Gasteiger partial charge on any atom is -0.377 e. The third kappa shape index (κ3) is 15.1. The summed E-state index contributed by atoms with van der Waals surface area (Å²) in [6.45, 7) is 10.6. The molecule has 0 N–H and O–H groups in total. The topological polar surface area (TPSA) is 27.7 Å². The van der Waals surface area contributed by atoms with Gasteiger partial charge in [0.05, 0.1) is 0 Å². The second-order valence-electron chi connectivity index (χ2n) is 6.97. The van der Waals surface area contributed by atoms with Crippen molar-refractivity contribution in [2.45, 2.75) is 111 Å². The molecule has 0 amide bonds. The molecule has 0 fully saturated rings. The van der Waals surface area contributed by atoms with Crippen LogP contribution < -0.4 is 0 Å². The van der Waals surface area contributed by atoms with E-state index in [0.717, 1.165) is 19.8 Å². The summed E-state index contributed by atoms with van der Waals surface area (Å²) >= 11 is 0. The molecule has 3 nitrogen and oxygen atoms in total. The second kappa shape index (κ2) is 19.1. The molecule has 0 saturated heterocycles. The van der Waals surface area contributed by atoms with Crippen LogP contribution in [0.25, 0.3) is 0 Å². The van der Waals surface area contributed by atoms with Crippen LogP contribution in [-0.2, 0) is 13.3 Å². The molecule has 0 radical (unpaired) electrons. The maximum atomic E-state index is 5.97. The van der Waals surface area contributed by atoms with Crippen LogP contribution in [-0.4, -0.2) is 37.2 Å². The maximum Gasteiger partial charge on any atom is 0.462 e. The molecule has 0 atom stereocenters. The van der Waals surface area contributed by atoms with Gasteiger partial charge in [-0.15, -0.1) is 0 Å². The van der Waals surface area contributed by atoms with E-state index in [1.165, 1.54) is 83.1 Å². The van der Waals surface area contributed by atoms with E-state index in [0.29, 0.717) is 0 Å². The quantitative estimate of drug-likeness (QED) is 0.194. The monoisotopic (exact) mass is 390 g/mol. The Kier molecular flexibility index (Phi) is 19.3. The zero-order valence-corrected chi connectivity index (χ0v) is 20.2. The van der Waals surface area contributed by atoms with Crippen molar-refractivity contribution in [3.05, 3.63) is 0 Å². The van der Waals surface area contributed by atoms with Crippen LogP contribution in [0.3, 0.4) is 0 Å². The molecule has 25 heavy (non-hydrogen) atoms. The molecule has 0 aromatic heterocycles. The van der Waals surface area contributed by atoms with Crippen LogP contribution in [0.4, 0.5) is 0 Å². The highest BCUT2D eigenvalue weighted by atomic mass is 29.2. The molecule has 0 heterocycles. The van der Waals surface area contributed by atoms with Crippen molar-refractivity contribution in [1.82, 2.24) is 0 Å². The van der Waals surface area contributed by atoms with E-state index in [1.807, 2.05) is 0 Å². The van der Waals surface area contributed by atoms with E-state index in [4.69, 9.17) is 13.3 Å². The van der Waals surface area contributed by atoms with E-state index in [2.05, 4.69) is 27.7 Å². The lowest BCUT2D eigenvalue weighted by Crippen LogP contribution is -2.52. The summed E-state index contributed by atoms with van der Waals surface area (Å²) in [5, 5.41) is 0. The van der Waals surface area contributed by atoms with Gasteiger partial charge in [0.15, 0.2) is 0 Å². The van der Waals surface area contributed by atoms with Crippen LogP contribution in [0.15, 0.2) is 0 Å². The normalized spacial score (nSPS) is 12.5. The van der Waals surface area contributed by atoms with Crippen molar-refractivity contribution in [3.8, 4) is 0 Å². The smallest absolute Gasteiger partial charge is 0.377 e. The highest BCUT2D eigenvalue weighted by Crippen LogP contribution is 2.15. The van der Waals surface area contributed by atoms with Crippen molar-refractivity contribution in [3.63, 3.8) is 0 Å². The fraction of sp³-hybridized carbons (Fsp3) is 1.00. The Hall–Kier alpha value is 0.314. The largest absolute Gasteiger partial charge is 0.462 e. The lowest BCUT2D eigenvalue weighted by molar-refractivity contribution is 0.0928. The summed E-state index contributed by atoms with van der Waals surface area (Å²) in [5.74, 6) is 0. The average Bonchev–Trinajstić information content (AvgIpc) is 2.60. The van der Waals surface area contributed by atoms with Gasteiger partial charge in [-0.3, -0.25) is 0 Å². The Morgan fingerprint density at radius 2 is 0.880 bits per heavy atom. The van der Waals surface area contributed by atoms with Crippen molar-refractivity contribution >= 4 is 17.4 Å². The summed E-state index contributed by atoms with van der Waals surface area (Å²) < 4.78 is 17.9. The van der Waals surface area contributed by atoms with Gasteiger partial charge >= 0.3 is 8.32 Å². The third-order valence-corrected chi connectivity index (χ3v) is 13.1. The number of rotatable bonds is 20. The van der Waals surface area contributed by atoms with Crippen LogP contribution >= 0.6 is 0 Å². The first-order valence-electron chi connectivity index (χ1n) is 11.2. The summed E-state index contributed by atoms with van der Waals surface area (Å²) in [7, 11) is -2.66. The fourth-order valence-electron chi connectivity index (χ4n) is 3.36. The Balaban J connectivity index is 3.56. The molecule has 0 rings (SSSR count). The highest BCUT2D eigenvalue weighted by Gasteiger charge is 2.38. The van der Waals surface area contributed by atoms with Gasteiger partial charge in [0.25, 0.3) is 0 Å². The standard InChI is InChI=1S/C20H46O3Si2/c1-5-9-10-11-12-13-14-15-16-17-18-19-20-24-25(21-6-2,22-7-3)23-8-4/h5-20,24H2,1-4H3. The molecule has 0 bridgehead atoms. The predicted molar refractivity (Wildman–Crippen MR) is 115 cm³/mol. The zero-order valence-electron chi connectivity index (χ0n) is 17.7. The molecule has 5 heteroatoms. The lowest BCUT2D eigenvalue weighted by atomic mass is 10.1. The molecule has 152 valence electrons. The van der Waals surface area contributed by atoms with Crippen LogP contribution in [0.1, 0.15) is 105 Å². The van der Waals surface area contributed by atoms with Crippen LogP contribution in [0.5, 0.6) is 0 Å². The first-order valence-corrected chi connectivity index (χ1v) is 16.2. The molecule has 0 aromatic rings. The van der Waals surface area contributed by atoms with Crippen LogP contribution in [0, 0.1) is 0 Å². The minimum atomic E-state index is -2.26. The van der Waals surface area contributed by atoms with Gasteiger partial charge in [0.1, 0.15) is 9.04 Å². The molecule has 0 saturated carbocycles. The van der Waals surface area contributed by atoms with Gasteiger partial charge in [-0.1, -0.05) is 90.0 Å². The molecular formula is C20H46O3Si2.